The number of amides is 2. The molecule has 3 aromatic carbocycles. The van der Waals surface area contributed by atoms with E-state index in [1.807, 2.05) is 42.5 Å². The lowest BCUT2D eigenvalue weighted by molar-refractivity contribution is -0.141. The Labute approximate surface area is 258 Å². The van der Waals surface area contributed by atoms with Crippen LogP contribution in [0.25, 0.3) is 0 Å². The molecule has 1 atom stereocenters. The minimum atomic E-state index is -3.62. The first-order valence-electron chi connectivity index (χ1n) is 14.2. The van der Waals surface area contributed by atoms with Gasteiger partial charge in [-0.1, -0.05) is 84.6 Å². The fourth-order valence-electron chi connectivity index (χ4n) is 5.34. The summed E-state index contributed by atoms with van der Waals surface area (Å²) >= 11 is 12.2. The van der Waals surface area contributed by atoms with E-state index in [0.29, 0.717) is 22.2 Å². The number of rotatable bonds is 13. The average Bonchev–Trinajstić information content (AvgIpc) is 3.47. The standard InChI is InChI=1S/C32H37Cl2N3O4S/c1-42(40,41)37(29-14-7-11-27(34)22-29)20-8-15-31(38)36(23-25-16-18-26(33)19-17-25)30(21-24-9-3-2-4-10-24)32(39)35-28-12-5-6-13-28/h2-4,7,9-11,14,16-19,22,28,30H,5-6,8,12-13,15,20-21,23H2,1H3,(H,35,39). The Kier molecular flexibility index (Phi) is 11.3. The number of hydrogen-bond acceptors (Lipinski definition) is 4. The zero-order valence-corrected chi connectivity index (χ0v) is 26.0. The Morgan fingerprint density at radius 3 is 2.24 bits per heavy atom. The molecule has 0 radical (unpaired) electrons. The van der Waals surface area contributed by atoms with Gasteiger partial charge in [-0.05, 0) is 60.7 Å². The lowest BCUT2D eigenvalue weighted by Crippen LogP contribution is -2.52. The maximum absolute atomic E-state index is 13.9. The van der Waals surface area contributed by atoms with E-state index in [4.69, 9.17) is 23.2 Å². The third kappa shape index (κ3) is 9.21. The van der Waals surface area contributed by atoms with Crippen molar-refractivity contribution in [1.29, 1.82) is 0 Å². The summed E-state index contributed by atoms with van der Waals surface area (Å²) in [5, 5.41) is 4.20. The van der Waals surface area contributed by atoms with Gasteiger partial charge in [-0.25, -0.2) is 8.42 Å². The van der Waals surface area contributed by atoms with Crippen LogP contribution in [-0.2, 0) is 32.6 Å². The van der Waals surface area contributed by atoms with Crippen molar-refractivity contribution in [2.24, 2.45) is 0 Å². The van der Waals surface area contributed by atoms with E-state index in [9.17, 15) is 18.0 Å². The van der Waals surface area contributed by atoms with Crippen LogP contribution in [0, 0.1) is 0 Å². The third-order valence-electron chi connectivity index (χ3n) is 7.49. The Bertz CT molecular complexity index is 1450. The minimum absolute atomic E-state index is 0.0577. The number of nitrogens with zero attached hydrogens (tertiary/aromatic N) is 2. The van der Waals surface area contributed by atoms with Gasteiger partial charge in [0.05, 0.1) is 11.9 Å². The molecule has 3 aromatic rings. The zero-order valence-electron chi connectivity index (χ0n) is 23.7. The first-order valence-corrected chi connectivity index (χ1v) is 16.8. The van der Waals surface area contributed by atoms with Gasteiger partial charge in [-0.3, -0.25) is 13.9 Å². The van der Waals surface area contributed by atoms with Gasteiger partial charge in [0.25, 0.3) is 0 Å². The van der Waals surface area contributed by atoms with Crippen molar-refractivity contribution in [3.63, 3.8) is 0 Å². The van der Waals surface area contributed by atoms with Crippen LogP contribution in [0.15, 0.2) is 78.9 Å². The number of nitrogens with one attached hydrogen (secondary N) is 1. The summed E-state index contributed by atoms with van der Waals surface area (Å²) in [7, 11) is -3.62. The smallest absolute Gasteiger partial charge is 0.243 e. The second-order valence-corrected chi connectivity index (χ2v) is 13.5. The molecule has 4 rings (SSSR count). The van der Waals surface area contributed by atoms with Gasteiger partial charge < -0.3 is 10.2 Å². The van der Waals surface area contributed by atoms with E-state index in [1.54, 1.807) is 41.3 Å². The Morgan fingerprint density at radius 1 is 0.905 bits per heavy atom. The molecule has 1 fully saturated rings. The molecule has 2 amide bonds. The second-order valence-electron chi connectivity index (χ2n) is 10.8. The number of anilines is 1. The molecule has 1 unspecified atom stereocenters. The maximum Gasteiger partial charge on any atom is 0.243 e. The molecular weight excluding hydrogens is 593 g/mol. The van der Waals surface area contributed by atoms with Crippen LogP contribution in [0.1, 0.15) is 49.7 Å². The first-order chi connectivity index (χ1) is 20.1. The molecule has 42 heavy (non-hydrogen) atoms. The van der Waals surface area contributed by atoms with Gasteiger partial charge in [0.2, 0.25) is 21.8 Å². The Morgan fingerprint density at radius 2 is 1.60 bits per heavy atom. The monoisotopic (exact) mass is 629 g/mol. The van der Waals surface area contributed by atoms with Crippen LogP contribution in [0.5, 0.6) is 0 Å². The van der Waals surface area contributed by atoms with Gasteiger partial charge in [0.1, 0.15) is 6.04 Å². The SMILES string of the molecule is CS(=O)(=O)N(CCCC(=O)N(Cc1ccc(Cl)cc1)C(Cc1ccccc1)C(=O)NC1CCCC1)c1cccc(Cl)c1. The van der Waals surface area contributed by atoms with E-state index in [-0.39, 0.29) is 43.8 Å². The average molecular weight is 631 g/mol. The fraction of sp³-hybridized carbons (Fsp3) is 0.375. The van der Waals surface area contributed by atoms with E-state index < -0.39 is 16.1 Å². The van der Waals surface area contributed by atoms with Crippen molar-refractivity contribution in [2.45, 2.75) is 63.6 Å². The Balaban J connectivity index is 1.58. The topological polar surface area (TPSA) is 86.8 Å². The van der Waals surface area contributed by atoms with E-state index in [1.165, 1.54) is 4.31 Å². The maximum atomic E-state index is 13.9. The quantitative estimate of drug-likeness (QED) is 0.242. The number of benzene rings is 3. The number of carbonyl (C=O) groups excluding carboxylic acids is 2. The van der Waals surface area contributed by atoms with Crippen molar-refractivity contribution in [3.05, 3.63) is 100 Å². The van der Waals surface area contributed by atoms with Crippen molar-refractivity contribution in [2.75, 3.05) is 17.1 Å². The van der Waals surface area contributed by atoms with Crippen LogP contribution in [0.3, 0.4) is 0 Å². The summed E-state index contributed by atoms with van der Waals surface area (Å²) in [5.74, 6) is -0.406. The highest BCUT2D eigenvalue weighted by Crippen LogP contribution is 2.24. The minimum Gasteiger partial charge on any atom is -0.352 e. The largest absolute Gasteiger partial charge is 0.352 e. The Hall–Kier alpha value is -3.07. The van der Waals surface area contributed by atoms with E-state index in [0.717, 1.165) is 43.1 Å². The van der Waals surface area contributed by atoms with Crippen LogP contribution in [0.2, 0.25) is 10.0 Å². The summed E-state index contributed by atoms with van der Waals surface area (Å²) < 4.78 is 26.5. The molecule has 0 aromatic heterocycles. The molecule has 10 heteroatoms. The van der Waals surface area contributed by atoms with Crippen LogP contribution >= 0.6 is 23.2 Å². The van der Waals surface area contributed by atoms with Gasteiger partial charge in [-0.2, -0.15) is 0 Å². The predicted molar refractivity (Wildman–Crippen MR) is 169 cm³/mol. The molecule has 0 heterocycles. The van der Waals surface area contributed by atoms with Crippen molar-refractivity contribution in [3.8, 4) is 0 Å². The highest BCUT2D eigenvalue weighted by molar-refractivity contribution is 7.92. The van der Waals surface area contributed by atoms with Crippen LogP contribution in [-0.4, -0.2) is 50.0 Å². The summed E-state index contributed by atoms with van der Waals surface area (Å²) in [5.41, 5.74) is 2.23. The molecule has 7 nitrogen and oxygen atoms in total. The van der Waals surface area contributed by atoms with Crippen LogP contribution < -0.4 is 9.62 Å². The number of halogens is 2. The van der Waals surface area contributed by atoms with Crippen molar-refractivity contribution in [1.82, 2.24) is 10.2 Å². The predicted octanol–water partition coefficient (Wildman–Crippen LogP) is 6.24. The molecule has 1 aliphatic carbocycles. The molecule has 1 aliphatic rings. The fourth-order valence-corrected chi connectivity index (χ4v) is 6.61. The summed E-state index contributed by atoms with van der Waals surface area (Å²) in [4.78, 5) is 29.4. The van der Waals surface area contributed by atoms with Gasteiger partial charge in [-0.15, -0.1) is 0 Å². The summed E-state index contributed by atoms with van der Waals surface area (Å²) in [6, 6.07) is 22.9. The highest BCUT2D eigenvalue weighted by atomic mass is 35.5. The van der Waals surface area contributed by atoms with E-state index in [2.05, 4.69) is 5.32 Å². The van der Waals surface area contributed by atoms with Gasteiger partial charge in [0, 0.05) is 42.0 Å². The van der Waals surface area contributed by atoms with Crippen molar-refractivity contribution < 1.29 is 18.0 Å². The molecule has 224 valence electrons. The molecule has 0 saturated heterocycles. The normalized spacial score (nSPS) is 14.4. The highest BCUT2D eigenvalue weighted by Gasteiger charge is 2.32. The summed E-state index contributed by atoms with van der Waals surface area (Å²) in [6.07, 6.45) is 5.82. The molecule has 1 N–H and O–H groups in total. The van der Waals surface area contributed by atoms with Gasteiger partial charge in [0.15, 0.2) is 0 Å². The molecule has 1 saturated carbocycles. The number of carbonyl (C=O) groups is 2. The zero-order chi connectivity index (χ0) is 30.1. The van der Waals surface area contributed by atoms with Crippen LogP contribution in [0.4, 0.5) is 5.69 Å². The lowest BCUT2D eigenvalue weighted by Gasteiger charge is -2.33. The second kappa shape index (κ2) is 14.9. The molecule has 0 aliphatic heterocycles. The molecule has 0 bridgehead atoms. The van der Waals surface area contributed by atoms with Gasteiger partial charge >= 0.3 is 0 Å². The third-order valence-corrected chi connectivity index (χ3v) is 9.17. The number of sulfonamides is 1. The van der Waals surface area contributed by atoms with E-state index >= 15 is 0 Å². The molecular formula is C32H37Cl2N3O4S. The lowest BCUT2D eigenvalue weighted by atomic mass is 10.0. The van der Waals surface area contributed by atoms with Crippen molar-refractivity contribution >= 4 is 50.7 Å². The first kappa shape index (κ1) is 31.9. The molecule has 0 spiro atoms. The number of hydrogen-bond donors (Lipinski definition) is 1. The summed E-state index contributed by atoms with van der Waals surface area (Å²) in [6.45, 7) is 0.312.